The number of amides is 3. The number of hydrogen-bond acceptors (Lipinski definition) is 8. The molecule has 1 aliphatic carbocycles. The molecule has 2 atom stereocenters. The highest BCUT2D eigenvalue weighted by Gasteiger charge is 2.38. The van der Waals surface area contributed by atoms with Crippen molar-refractivity contribution in [3.05, 3.63) is 70.4 Å². The maximum atomic E-state index is 13.7. The van der Waals surface area contributed by atoms with Crippen LogP contribution in [-0.2, 0) is 11.0 Å². The number of alkyl halides is 3. The van der Waals surface area contributed by atoms with Crippen molar-refractivity contribution in [2.75, 3.05) is 12.4 Å². The van der Waals surface area contributed by atoms with E-state index in [1.165, 1.54) is 49.6 Å². The minimum atomic E-state index is -4.92. The number of nitrogens with one attached hydrogen (secondary N) is 2. The smallest absolute Gasteiger partial charge is 0.435 e. The van der Waals surface area contributed by atoms with Gasteiger partial charge in [0.15, 0.2) is 17.2 Å². The van der Waals surface area contributed by atoms with E-state index >= 15 is 0 Å². The molecule has 1 fully saturated rings. The number of primary amides is 1. The Morgan fingerprint density at radius 1 is 1.07 bits per heavy atom. The fraction of sp³-hybridized carbons (Fsp3) is 0.286. The van der Waals surface area contributed by atoms with E-state index in [1.54, 1.807) is 0 Å². The van der Waals surface area contributed by atoms with Gasteiger partial charge in [0.25, 0.3) is 17.7 Å². The van der Waals surface area contributed by atoms with Gasteiger partial charge in [-0.05, 0) is 55.7 Å². The van der Waals surface area contributed by atoms with Gasteiger partial charge >= 0.3 is 6.18 Å². The number of hydrogen-bond donors (Lipinski definition) is 3. The molecule has 0 bridgehead atoms. The number of nitriles is 1. The van der Waals surface area contributed by atoms with E-state index in [4.69, 9.17) is 20.5 Å². The molecule has 2 unspecified atom stereocenters. The van der Waals surface area contributed by atoms with Crippen LogP contribution in [0.2, 0.25) is 0 Å². The molecule has 42 heavy (non-hydrogen) atoms. The molecule has 1 aliphatic rings. The lowest BCUT2D eigenvalue weighted by molar-refractivity contribution is -0.142. The van der Waals surface area contributed by atoms with Crippen molar-refractivity contribution < 1.29 is 37.0 Å². The van der Waals surface area contributed by atoms with E-state index in [0.29, 0.717) is 12.8 Å². The number of halogens is 3. The van der Waals surface area contributed by atoms with Gasteiger partial charge in [0.05, 0.1) is 24.7 Å². The fourth-order valence-electron chi connectivity index (χ4n) is 4.69. The quantitative estimate of drug-likeness (QED) is 0.356. The van der Waals surface area contributed by atoms with E-state index in [0.717, 1.165) is 13.3 Å². The molecule has 4 N–H and O–H groups in total. The Morgan fingerprint density at radius 3 is 2.50 bits per heavy atom. The minimum absolute atomic E-state index is 0.0288. The predicted molar refractivity (Wildman–Crippen MR) is 142 cm³/mol. The summed E-state index contributed by atoms with van der Waals surface area (Å²) in [5.74, 6) is -3.03. The molecule has 1 heterocycles. The van der Waals surface area contributed by atoms with Crippen molar-refractivity contribution in [3.63, 3.8) is 0 Å². The lowest BCUT2D eigenvalue weighted by Gasteiger charge is -2.19. The molecule has 0 saturated heterocycles. The number of carbonyl (C=O) groups excluding carboxylic acids is 3. The Balaban J connectivity index is 1.64. The third-order valence-corrected chi connectivity index (χ3v) is 6.76. The average Bonchev–Trinajstić information content (AvgIpc) is 3.41. The van der Waals surface area contributed by atoms with Gasteiger partial charge in [0, 0.05) is 23.4 Å². The summed E-state index contributed by atoms with van der Waals surface area (Å²) >= 11 is 0. The molecule has 3 amide bonds. The number of nitrogens with zero attached hydrogens (tertiary/aromatic N) is 3. The summed E-state index contributed by atoms with van der Waals surface area (Å²) in [6.45, 7) is 1.05. The maximum absolute atomic E-state index is 13.7. The van der Waals surface area contributed by atoms with Gasteiger partial charge < -0.3 is 25.8 Å². The van der Waals surface area contributed by atoms with Gasteiger partial charge in [-0.2, -0.15) is 18.4 Å². The zero-order valence-corrected chi connectivity index (χ0v) is 22.4. The zero-order valence-electron chi connectivity index (χ0n) is 22.4. The van der Waals surface area contributed by atoms with Gasteiger partial charge in [0.2, 0.25) is 5.91 Å². The van der Waals surface area contributed by atoms with Crippen LogP contribution < -0.4 is 25.8 Å². The van der Waals surface area contributed by atoms with Crippen molar-refractivity contribution >= 4 is 23.4 Å². The molecule has 0 radical (unpaired) electrons. The molecular weight excluding hydrogens is 557 g/mol. The van der Waals surface area contributed by atoms with Crippen LogP contribution in [-0.4, -0.2) is 41.1 Å². The Morgan fingerprint density at radius 2 is 1.83 bits per heavy atom. The monoisotopic (exact) mass is 582 g/mol. The van der Waals surface area contributed by atoms with Crippen LogP contribution in [0, 0.1) is 24.2 Å². The topological polar surface area (TPSA) is 169 Å². The SMILES string of the molecule is COc1cc(C#N)ccc1Oc1nnc(C(F)(F)F)c(C)c1C(=O)Nc1cccc(C(=O)NC2CCCC2C(N)=O)c1. The molecule has 14 heteroatoms. The number of ether oxygens (including phenoxy) is 2. The number of benzene rings is 2. The number of anilines is 1. The molecule has 0 spiro atoms. The molecule has 4 rings (SSSR count). The first kappa shape index (κ1) is 29.8. The highest BCUT2D eigenvalue weighted by atomic mass is 19.4. The summed E-state index contributed by atoms with van der Waals surface area (Å²) in [5, 5.41) is 21.2. The summed E-state index contributed by atoms with van der Waals surface area (Å²) in [6.07, 6.45) is -3.04. The Labute approximate surface area is 237 Å². The first-order valence-electron chi connectivity index (χ1n) is 12.6. The van der Waals surface area contributed by atoms with E-state index < -0.39 is 58.6 Å². The van der Waals surface area contributed by atoms with Crippen LogP contribution in [0.5, 0.6) is 17.4 Å². The highest BCUT2D eigenvalue weighted by molar-refractivity contribution is 6.07. The molecule has 3 aromatic rings. The van der Waals surface area contributed by atoms with Crippen molar-refractivity contribution in [2.45, 2.75) is 38.4 Å². The zero-order chi connectivity index (χ0) is 30.6. The lowest BCUT2D eigenvalue weighted by Crippen LogP contribution is -2.42. The third-order valence-electron chi connectivity index (χ3n) is 6.76. The summed E-state index contributed by atoms with van der Waals surface area (Å²) in [5.41, 5.74) is 3.39. The summed E-state index contributed by atoms with van der Waals surface area (Å²) in [6, 6.07) is 11.3. The average molecular weight is 583 g/mol. The molecule has 218 valence electrons. The molecule has 1 saturated carbocycles. The van der Waals surface area contributed by atoms with Gasteiger partial charge in [0.1, 0.15) is 5.56 Å². The number of aromatic nitrogens is 2. The Hall–Kier alpha value is -5.19. The Bertz CT molecular complexity index is 1590. The second kappa shape index (κ2) is 12.1. The van der Waals surface area contributed by atoms with Crippen molar-refractivity contribution in [1.82, 2.24) is 15.5 Å². The van der Waals surface area contributed by atoms with Gasteiger partial charge in [-0.15, -0.1) is 10.2 Å². The van der Waals surface area contributed by atoms with Gasteiger partial charge in [-0.1, -0.05) is 12.5 Å². The number of nitrogens with two attached hydrogens (primary N) is 1. The van der Waals surface area contributed by atoms with E-state index in [-0.39, 0.29) is 28.3 Å². The van der Waals surface area contributed by atoms with E-state index in [2.05, 4.69) is 20.8 Å². The Kier molecular flexibility index (Phi) is 8.60. The molecule has 2 aromatic carbocycles. The van der Waals surface area contributed by atoms with Crippen LogP contribution >= 0.6 is 0 Å². The first-order chi connectivity index (χ1) is 19.9. The van der Waals surface area contributed by atoms with Gasteiger partial charge in [-0.25, -0.2) is 0 Å². The first-order valence-corrected chi connectivity index (χ1v) is 12.6. The number of methoxy groups -OCH3 is 1. The second-order valence-corrected chi connectivity index (χ2v) is 9.49. The van der Waals surface area contributed by atoms with Crippen molar-refractivity contribution in [2.24, 2.45) is 11.7 Å². The molecule has 1 aromatic heterocycles. The van der Waals surface area contributed by atoms with Crippen LogP contribution in [0.1, 0.15) is 56.8 Å². The third kappa shape index (κ3) is 6.41. The van der Waals surface area contributed by atoms with Crippen LogP contribution in [0.4, 0.5) is 18.9 Å². The van der Waals surface area contributed by atoms with Crippen LogP contribution in [0.25, 0.3) is 0 Å². The number of rotatable bonds is 8. The largest absolute Gasteiger partial charge is 0.493 e. The van der Waals surface area contributed by atoms with E-state index in [9.17, 15) is 27.6 Å². The van der Waals surface area contributed by atoms with Crippen molar-refractivity contribution in [3.8, 4) is 23.4 Å². The standard InChI is InChI=1S/C28H25F3N6O5/c1-14-22(27(37-36-23(14)28(29,30)31)42-20-10-9-15(13-32)11-21(20)41-2)26(40)34-17-6-3-5-16(12-17)25(39)35-19-8-4-7-18(19)24(33)38/h3,5-6,9-12,18-19H,4,7-8H2,1-2H3,(H2,33,38)(H,34,40)(H,35,39). The summed E-state index contributed by atoms with van der Waals surface area (Å²) < 4.78 is 51.9. The van der Waals surface area contributed by atoms with Crippen molar-refractivity contribution in [1.29, 1.82) is 5.26 Å². The van der Waals surface area contributed by atoms with E-state index in [1.807, 2.05) is 6.07 Å². The minimum Gasteiger partial charge on any atom is -0.493 e. The molecule has 11 nitrogen and oxygen atoms in total. The van der Waals surface area contributed by atoms with Crippen LogP contribution in [0.3, 0.4) is 0 Å². The fourth-order valence-corrected chi connectivity index (χ4v) is 4.69. The van der Waals surface area contributed by atoms with Crippen LogP contribution in [0.15, 0.2) is 42.5 Å². The maximum Gasteiger partial charge on any atom is 0.435 e. The molecule has 0 aliphatic heterocycles. The second-order valence-electron chi connectivity index (χ2n) is 9.49. The summed E-state index contributed by atoms with van der Waals surface area (Å²) in [4.78, 5) is 38.0. The highest BCUT2D eigenvalue weighted by Crippen LogP contribution is 2.37. The predicted octanol–water partition coefficient (Wildman–Crippen LogP) is 4.11. The van der Waals surface area contributed by atoms with Gasteiger partial charge in [-0.3, -0.25) is 14.4 Å². The lowest BCUT2D eigenvalue weighted by atomic mass is 10.0. The number of carbonyl (C=O) groups is 3. The summed E-state index contributed by atoms with van der Waals surface area (Å²) in [7, 11) is 1.30. The molecular formula is C28H25F3N6O5. The normalized spacial score (nSPS) is 16.3.